The Balaban J connectivity index is 1.68. The molecule has 3 unspecified atom stereocenters. The van der Waals surface area contributed by atoms with Gasteiger partial charge in [-0.15, -0.1) is 0 Å². The van der Waals surface area contributed by atoms with Crippen molar-refractivity contribution in [3.8, 4) is 0 Å². The van der Waals surface area contributed by atoms with Crippen LogP contribution in [-0.2, 0) is 0 Å². The summed E-state index contributed by atoms with van der Waals surface area (Å²) < 4.78 is 0. The Morgan fingerprint density at radius 3 is 3.11 bits per heavy atom. The summed E-state index contributed by atoms with van der Waals surface area (Å²) >= 11 is 0. The molecular formula is C14H19N5. The molecule has 4 rings (SSSR count). The van der Waals surface area contributed by atoms with E-state index in [4.69, 9.17) is 5.73 Å². The highest BCUT2D eigenvalue weighted by Gasteiger charge is 2.39. The molecule has 1 aliphatic heterocycles. The topological polar surface area (TPSA) is 70.8 Å². The number of rotatable bonds is 1. The maximum absolute atomic E-state index is 6.29. The zero-order valence-corrected chi connectivity index (χ0v) is 10.9. The second-order valence-electron chi connectivity index (χ2n) is 5.86. The molecule has 1 aliphatic carbocycles. The monoisotopic (exact) mass is 257 g/mol. The lowest BCUT2D eigenvalue weighted by Crippen LogP contribution is -2.38. The summed E-state index contributed by atoms with van der Waals surface area (Å²) in [6.45, 7) is 2.14. The Morgan fingerprint density at radius 1 is 1.26 bits per heavy atom. The van der Waals surface area contributed by atoms with Gasteiger partial charge in [0.1, 0.15) is 17.8 Å². The maximum atomic E-state index is 6.29. The molecule has 100 valence electrons. The molecule has 2 fully saturated rings. The summed E-state index contributed by atoms with van der Waals surface area (Å²) in [7, 11) is 0. The molecule has 19 heavy (non-hydrogen) atoms. The first kappa shape index (κ1) is 11.2. The molecule has 0 amide bonds. The van der Waals surface area contributed by atoms with E-state index in [0.29, 0.717) is 12.0 Å². The Labute approximate surface area is 112 Å². The average Bonchev–Trinajstić information content (AvgIpc) is 3.05. The molecule has 3 N–H and O–H groups in total. The van der Waals surface area contributed by atoms with Crippen LogP contribution in [0.15, 0.2) is 18.6 Å². The summed E-state index contributed by atoms with van der Waals surface area (Å²) in [5.41, 5.74) is 7.21. The highest BCUT2D eigenvalue weighted by Crippen LogP contribution is 2.38. The minimum Gasteiger partial charge on any atom is -0.355 e. The lowest BCUT2D eigenvalue weighted by atomic mass is 9.78. The molecule has 0 spiro atoms. The van der Waals surface area contributed by atoms with Gasteiger partial charge in [-0.05, 0) is 30.7 Å². The van der Waals surface area contributed by atoms with E-state index in [0.717, 1.165) is 35.9 Å². The van der Waals surface area contributed by atoms with Crippen LogP contribution in [0.2, 0.25) is 0 Å². The minimum atomic E-state index is 0.368. The van der Waals surface area contributed by atoms with E-state index >= 15 is 0 Å². The van der Waals surface area contributed by atoms with Crippen LogP contribution in [0.4, 0.5) is 5.82 Å². The molecule has 1 saturated heterocycles. The molecule has 5 heteroatoms. The summed E-state index contributed by atoms with van der Waals surface area (Å²) in [5.74, 6) is 2.44. The van der Waals surface area contributed by atoms with Gasteiger partial charge in [0.25, 0.3) is 0 Å². The normalized spacial score (nSPS) is 30.8. The number of anilines is 1. The molecule has 3 atom stereocenters. The third-order valence-electron chi connectivity index (χ3n) is 4.79. The Morgan fingerprint density at radius 2 is 2.21 bits per heavy atom. The average molecular weight is 257 g/mol. The fourth-order valence-electron chi connectivity index (χ4n) is 3.80. The van der Waals surface area contributed by atoms with Gasteiger partial charge in [0.2, 0.25) is 0 Å². The summed E-state index contributed by atoms with van der Waals surface area (Å²) in [6, 6.07) is 2.43. The van der Waals surface area contributed by atoms with Gasteiger partial charge in [0.15, 0.2) is 0 Å². The van der Waals surface area contributed by atoms with Gasteiger partial charge < -0.3 is 15.6 Å². The van der Waals surface area contributed by atoms with Crippen LogP contribution in [-0.4, -0.2) is 34.1 Å². The molecule has 3 heterocycles. The van der Waals surface area contributed by atoms with Crippen molar-refractivity contribution in [3.05, 3.63) is 18.6 Å². The van der Waals surface area contributed by atoms with Gasteiger partial charge in [0, 0.05) is 25.3 Å². The predicted octanol–water partition coefficient (Wildman–Crippen LogP) is 1.52. The summed E-state index contributed by atoms with van der Waals surface area (Å²) in [6.07, 6.45) is 7.35. The molecule has 1 saturated carbocycles. The third-order valence-corrected chi connectivity index (χ3v) is 4.79. The number of nitrogens with two attached hydrogens (primary N) is 1. The van der Waals surface area contributed by atoms with Crippen LogP contribution in [0.1, 0.15) is 19.3 Å². The van der Waals surface area contributed by atoms with E-state index < -0.39 is 0 Å². The van der Waals surface area contributed by atoms with Gasteiger partial charge in [0.05, 0.1) is 5.39 Å². The van der Waals surface area contributed by atoms with Gasteiger partial charge in [-0.3, -0.25) is 0 Å². The lowest BCUT2D eigenvalue weighted by Gasteiger charge is -2.29. The Bertz CT molecular complexity index is 592. The van der Waals surface area contributed by atoms with E-state index in [2.05, 4.69) is 25.9 Å². The van der Waals surface area contributed by atoms with Gasteiger partial charge in [-0.2, -0.15) is 0 Å². The Kier molecular flexibility index (Phi) is 2.48. The summed E-state index contributed by atoms with van der Waals surface area (Å²) in [5, 5.41) is 1.12. The third kappa shape index (κ3) is 1.72. The molecule has 5 nitrogen and oxygen atoms in total. The van der Waals surface area contributed by atoms with Gasteiger partial charge in [-0.25, -0.2) is 9.97 Å². The standard InChI is InChI=1S/C14H19N5/c15-12-3-1-2-9-6-19(7-11(9)12)14-10-4-5-16-13(10)17-8-18-14/h4-5,8-9,11-12H,1-3,6-7,15H2,(H,16,17,18). The number of hydrogen-bond donors (Lipinski definition) is 2. The van der Waals surface area contributed by atoms with E-state index in [-0.39, 0.29) is 0 Å². The number of aromatic amines is 1. The molecule has 2 aromatic heterocycles. The Hall–Kier alpha value is -1.62. The SMILES string of the molecule is NC1CCCC2CN(c3ncnc4[nH]ccc34)CC12. The summed E-state index contributed by atoms with van der Waals surface area (Å²) in [4.78, 5) is 14.3. The number of nitrogens with zero attached hydrogens (tertiary/aromatic N) is 3. The minimum absolute atomic E-state index is 0.368. The predicted molar refractivity (Wildman–Crippen MR) is 74.9 cm³/mol. The first-order valence-electron chi connectivity index (χ1n) is 7.11. The van der Waals surface area contributed by atoms with E-state index in [1.807, 2.05) is 6.20 Å². The van der Waals surface area contributed by atoms with Gasteiger partial charge in [-0.1, -0.05) is 6.42 Å². The molecule has 0 bridgehead atoms. The van der Waals surface area contributed by atoms with Crippen molar-refractivity contribution >= 4 is 16.9 Å². The molecule has 0 aromatic carbocycles. The van der Waals surface area contributed by atoms with Crippen molar-refractivity contribution in [1.29, 1.82) is 0 Å². The number of aromatic nitrogens is 3. The van der Waals surface area contributed by atoms with Gasteiger partial charge >= 0.3 is 0 Å². The zero-order valence-electron chi connectivity index (χ0n) is 10.9. The smallest absolute Gasteiger partial charge is 0.142 e. The highest BCUT2D eigenvalue weighted by atomic mass is 15.2. The van der Waals surface area contributed by atoms with Crippen molar-refractivity contribution in [2.24, 2.45) is 17.6 Å². The first-order chi connectivity index (χ1) is 9.33. The van der Waals surface area contributed by atoms with Crippen LogP contribution in [0.3, 0.4) is 0 Å². The van der Waals surface area contributed by atoms with Crippen LogP contribution in [0.25, 0.3) is 11.0 Å². The zero-order chi connectivity index (χ0) is 12.8. The van der Waals surface area contributed by atoms with Crippen LogP contribution >= 0.6 is 0 Å². The molecular weight excluding hydrogens is 238 g/mol. The fraction of sp³-hybridized carbons (Fsp3) is 0.571. The maximum Gasteiger partial charge on any atom is 0.142 e. The van der Waals surface area contributed by atoms with E-state index in [9.17, 15) is 0 Å². The van der Waals surface area contributed by atoms with Crippen molar-refractivity contribution < 1.29 is 0 Å². The van der Waals surface area contributed by atoms with Crippen molar-refractivity contribution in [3.63, 3.8) is 0 Å². The molecule has 2 aromatic rings. The van der Waals surface area contributed by atoms with Crippen LogP contribution in [0.5, 0.6) is 0 Å². The molecule has 2 aliphatic rings. The van der Waals surface area contributed by atoms with Crippen molar-refractivity contribution in [1.82, 2.24) is 15.0 Å². The van der Waals surface area contributed by atoms with E-state index in [1.54, 1.807) is 6.33 Å². The lowest BCUT2D eigenvalue weighted by molar-refractivity contribution is 0.260. The van der Waals surface area contributed by atoms with Crippen molar-refractivity contribution in [2.75, 3.05) is 18.0 Å². The second-order valence-corrected chi connectivity index (χ2v) is 5.86. The van der Waals surface area contributed by atoms with Crippen LogP contribution < -0.4 is 10.6 Å². The number of nitrogens with one attached hydrogen (secondary N) is 1. The number of fused-ring (bicyclic) bond motifs is 2. The second kappa shape index (κ2) is 4.20. The molecule has 0 radical (unpaired) electrons. The highest BCUT2D eigenvalue weighted by molar-refractivity contribution is 5.87. The van der Waals surface area contributed by atoms with Crippen molar-refractivity contribution in [2.45, 2.75) is 25.3 Å². The van der Waals surface area contributed by atoms with Crippen LogP contribution in [0, 0.1) is 11.8 Å². The number of hydrogen-bond acceptors (Lipinski definition) is 4. The quantitative estimate of drug-likeness (QED) is 0.812. The number of H-pyrrole nitrogens is 1. The first-order valence-corrected chi connectivity index (χ1v) is 7.11. The largest absolute Gasteiger partial charge is 0.355 e. The van der Waals surface area contributed by atoms with E-state index in [1.165, 1.54) is 19.3 Å². The fourth-order valence-corrected chi connectivity index (χ4v) is 3.80.